The summed E-state index contributed by atoms with van der Waals surface area (Å²) in [5, 5.41) is 2.26. The van der Waals surface area contributed by atoms with Crippen LogP contribution >= 0.6 is 11.8 Å². The summed E-state index contributed by atoms with van der Waals surface area (Å²) in [6.45, 7) is 0. The van der Waals surface area contributed by atoms with Crippen molar-refractivity contribution in [1.29, 1.82) is 0 Å². The minimum atomic E-state index is 0.529. The fourth-order valence-electron chi connectivity index (χ4n) is 3.35. The van der Waals surface area contributed by atoms with E-state index in [0.717, 1.165) is 27.5 Å². The molecule has 0 amide bonds. The van der Waals surface area contributed by atoms with Gasteiger partial charge in [-0.15, -0.1) is 11.8 Å². The Bertz CT molecular complexity index is 813. The summed E-state index contributed by atoms with van der Waals surface area (Å²) in [6, 6.07) is 12.5. The number of para-hydroxylation sites is 1. The Morgan fingerprint density at radius 1 is 0.958 bits per heavy atom. The minimum Gasteiger partial charge on any atom is -0.264 e. The fourth-order valence-corrected chi connectivity index (χ4v) is 4.31. The van der Waals surface area contributed by atoms with Crippen LogP contribution in [0, 0.1) is 0 Å². The zero-order valence-corrected chi connectivity index (χ0v) is 14.5. The van der Waals surface area contributed by atoms with E-state index in [-0.39, 0.29) is 0 Å². The molecule has 4 rings (SSSR count). The van der Waals surface area contributed by atoms with Crippen LogP contribution in [0.2, 0.25) is 0 Å². The van der Waals surface area contributed by atoms with Gasteiger partial charge in [-0.2, -0.15) is 0 Å². The molecule has 2 aromatic heterocycles. The van der Waals surface area contributed by atoms with Crippen molar-refractivity contribution >= 4 is 22.7 Å². The van der Waals surface area contributed by atoms with Crippen LogP contribution in [0.5, 0.6) is 0 Å². The Balaban J connectivity index is 1.66. The summed E-state index contributed by atoms with van der Waals surface area (Å²) in [7, 11) is 0. The average molecular weight is 335 g/mol. The van der Waals surface area contributed by atoms with Gasteiger partial charge >= 0.3 is 0 Å². The first-order valence-electron chi connectivity index (χ1n) is 8.68. The molecule has 0 bridgehead atoms. The molecule has 122 valence electrons. The van der Waals surface area contributed by atoms with Gasteiger partial charge in [-0.05, 0) is 30.5 Å². The molecule has 0 radical (unpaired) electrons. The number of fused-ring (bicyclic) bond motifs is 1. The highest BCUT2D eigenvalue weighted by molar-refractivity contribution is 7.98. The lowest BCUT2D eigenvalue weighted by Gasteiger charge is -2.21. The molecular weight excluding hydrogens is 314 g/mol. The number of pyridine rings is 1. The second kappa shape index (κ2) is 7.31. The zero-order valence-electron chi connectivity index (χ0n) is 13.7. The van der Waals surface area contributed by atoms with Gasteiger partial charge in [-0.25, -0.2) is 9.97 Å². The standard InChI is InChI=1S/C20H21N3S/c1-2-8-16(9-3-1)19-22-18-11-5-4-10-17(18)20(23-19)24-14-15-7-6-12-21-13-15/h4-7,10-13,16H,1-3,8-9,14H2. The molecule has 0 aliphatic heterocycles. The van der Waals surface area contributed by atoms with Crippen molar-refractivity contribution in [2.45, 2.75) is 48.8 Å². The maximum Gasteiger partial charge on any atom is 0.133 e. The van der Waals surface area contributed by atoms with Crippen LogP contribution < -0.4 is 0 Å². The molecule has 3 aromatic rings. The number of hydrogen-bond donors (Lipinski definition) is 0. The number of nitrogens with zero attached hydrogens (tertiary/aromatic N) is 3. The maximum atomic E-state index is 4.97. The quantitative estimate of drug-likeness (QED) is 0.475. The average Bonchev–Trinajstić information content (AvgIpc) is 2.67. The van der Waals surface area contributed by atoms with E-state index in [1.54, 1.807) is 11.8 Å². The molecule has 2 heterocycles. The number of hydrogen-bond acceptors (Lipinski definition) is 4. The lowest BCUT2D eigenvalue weighted by atomic mass is 9.88. The fraction of sp³-hybridized carbons (Fsp3) is 0.350. The molecule has 0 unspecified atom stereocenters. The molecule has 3 nitrogen and oxygen atoms in total. The van der Waals surface area contributed by atoms with Gasteiger partial charge in [0, 0.05) is 29.5 Å². The van der Waals surface area contributed by atoms with Crippen LogP contribution in [0.25, 0.3) is 10.9 Å². The van der Waals surface area contributed by atoms with Gasteiger partial charge in [-0.3, -0.25) is 4.98 Å². The molecule has 24 heavy (non-hydrogen) atoms. The van der Waals surface area contributed by atoms with Crippen molar-refractivity contribution in [2.24, 2.45) is 0 Å². The third kappa shape index (κ3) is 3.44. The lowest BCUT2D eigenvalue weighted by Crippen LogP contribution is -2.09. The van der Waals surface area contributed by atoms with Crippen LogP contribution in [0.4, 0.5) is 0 Å². The molecule has 0 atom stereocenters. The van der Waals surface area contributed by atoms with Gasteiger partial charge < -0.3 is 0 Å². The summed E-state index contributed by atoms with van der Waals surface area (Å²) in [4.78, 5) is 14.1. The van der Waals surface area contributed by atoms with Gasteiger partial charge in [0.2, 0.25) is 0 Å². The van der Waals surface area contributed by atoms with Gasteiger partial charge in [-0.1, -0.05) is 43.5 Å². The van der Waals surface area contributed by atoms with E-state index in [9.17, 15) is 0 Å². The summed E-state index contributed by atoms with van der Waals surface area (Å²) in [5.74, 6) is 2.46. The van der Waals surface area contributed by atoms with E-state index >= 15 is 0 Å². The smallest absolute Gasteiger partial charge is 0.133 e. The number of rotatable bonds is 4. The summed E-state index contributed by atoms with van der Waals surface area (Å²) in [6.07, 6.45) is 10.2. The van der Waals surface area contributed by atoms with Gasteiger partial charge in [0.05, 0.1) is 5.52 Å². The topological polar surface area (TPSA) is 38.7 Å². The van der Waals surface area contributed by atoms with Crippen molar-refractivity contribution in [3.8, 4) is 0 Å². The Labute approximate surface area is 147 Å². The molecule has 1 aliphatic rings. The maximum absolute atomic E-state index is 4.97. The van der Waals surface area contributed by atoms with Crippen LogP contribution in [0.15, 0.2) is 53.8 Å². The van der Waals surface area contributed by atoms with Crippen molar-refractivity contribution in [1.82, 2.24) is 15.0 Å². The van der Waals surface area contributed by atoms with Crippen LogP contribution in [0.1, 0.15) is 49.4 Å². The first kappa shape index (κ1) is 15.6. The molecule has 0 N–H and O–H groups in total. The van der Waals surface area contributed by atoms with E-state index in [1.807, 2.05) is 18.5 Å². The molecule has 1 fully saturated rings. The van der Waals surface area contributed by atoms with Gasteiger partial charge in [0.25, 0.3) is 0 Å². The number of thioether (sulfide) groups is 1. The molecular formula is C20H21N3S. The zero-order chi connectivity index (χ0) is 16.2. The summed E-state index contributed by atoms with van der Waals surface area (Å²) < 4.78 is 0. The highest BCUT2D eigenvalue weighted by Crippen LogP contribution is 2.34. The van der Waals surface area contributed by atoms with Crippen molar-refractivity contribution in [2.75, 3.05) is 0 Å². The largest absolute Gasteiger partial charge is 0.264 e. The molecule has 1 aliphatic carbocycles. The first-order chi connectivity index (χ1) is 11.9. The van der Waals surface area contributed by atoms with Crippen molar-refractivity contribution in [3.05, 3.63) is 60.2 Å². The predicted octanol–water partition coefficient (Wildman–Crippen LogP) is 5.36. The second-order valence-electron chi connectivity index (χ2n) is 6.39. The van der Waals surface area contributed by atoms with Gasteiger partial charge in [0.1, 0.15) is 10.9 Å². The minimum absolute atomic E-state index is 0.529. The Morgan fingerprint density at radius 3 is 2.67 bits per heavy atom. The first-order valence-corrected chi connectivity index (χ1v) is 9.67. The molecule has 1 saturated carbocycles. The van der Waals surface area contributed by atoms with E-state index in [0.29, 0.717) is 5.92 Å². The van der Waals surface area contributed by atoms with E-state index < -0.39 is 0 Å². The Hall–Kier alpha value is -1.94. The highest BCUT2D eigenvalue weighted by Gasteiger charge is 2.20. The van der Waals surface area contributed by atoms with Crippen LogP contribution in [-0.4, -0.2) is 15.0 Å². The van der Waals surface area contributed by atoms with Crippen molar-refractivity contribution < 1.29 is 0 Å². The second-order valence-corrected chi connectivity index (χ2v) is 7.35. The normalized spacial score (nSPS) is 15.7. The molecule has 1 aromatic carbocycles. The molecule has 0 saturated heterocycles. The van der Waals surface area contributed by atoms with E-state index in [2.05, 4.69) is 35.3 Å². The van der Waals surface area contributed by atoms with Crippen LogP contribution in [-0.2, 0) is 5.75 Å². The highest BCUT2D eigenvalue weighted by atomic mass is 32.2. The molecule has 4 heteroatoms. The van der Waals surface area contributed by atoms with E-state index in [4.69, 9.17) is 9.97 Å². The number of benzene rings is 1. The summed E-state index contributed by atoms with van der Waals surface area (Å²) in [5.41, 5.74) is 2.30. The third-order valence-corrected chi connectivity index (χ3v) is 5.72. The van der Waals surface area contributed by atoms with E-state index in [1.165, 1.54) is 37.7 Å². The lowest BCUT2D eigenvalue weighted by molar-refractivity contribution is 0.428. The Kier molecular flexibility index (Phi) is 4.74. The van der Waals surface area contributed by atoms with Crippen LogP contribution in [0.3, 0.4) is 0 Å². The number of aromatic nitrogens is 3. The predicted molar refractivity (Wildman–Crippen MR) is 99.2 cm³/mol. The third-order valence-electron chi connectivity index (χ3n) is 4.65. The Morgan fingerprint density at radius 2 is 1.83 bits per heavy atom. The monoisotopic (exact) mass is 335 g/mol. The molecule has 0 spiro atoms. The SMILES string of the molecule is c1cncc(CSc2nc(C3CCCCC3)nc3ccccc23)c1. The van der Waals surface area contributed by atoms with Gasteiger partial charge in [0.15, 0.2) is 0 Å². The summed E-state index contributed by atoms with van der Waals surface area (Å²) >= 11 is 1.79. The van der Waals surface area contributed by atoms with Crippen molar-refractivity contribution in [3.63, 3.8) is 0 Å².